The van der Waals surface area contributed by atoms with Gasteiger partial charge in [-0.05, 0) is 49.4 Å². The van der Waals surface area contributed by atoms with Crippen LogP contribution in [-0.4, -0.2) is 9.78 Å². The molecule has 0 bridgehead atoms. The number of rotatable bonds is 4. The second-order valence-corrected chi connectivity index (χ2v) is 5.13. The molecule has 0 aliphatic rings. The minimum absolute atomic E-state index is 0.598. The second kappa shape index (κ2) is 5.57. The first-order valence-electron chi connectivity index (χ1n) is 6.88. The van der Waals surface area contributed by atoms with E-state index in [2.05, 4.69) is 55.7 Å². The van der Waals surface area contributed by atoms with Gasteiger partial charge in [-0.15, -0.1) is 0 Å². The van der Waals surface area contributed by atoms with Crippen molar-refractivity contribution in [3.63, 3.8) is 0 Å². The van der Waals surface area contributed by atoms with E-state index in [1.54, 1.807) is 0 Å². The Hall–Kier alpha value is -1.61. The van der Waals surface area contributed by atoms with E-state index in [4.69, 9.17) is 5.73 Å². The van der Waals surface area contributed by atoms with Crippen molar-refractivity contribution in [1.82, 2.24) is 9.78 Å². The Labute approximate surface area is 115 Å². The third-order valence-electron chi connectivity index (χ3n) is 3.85. The Morgan fingerprint density at radius 3 is 2.47 bits per heavy atom. The van der Waals surface area contributed by atoms with Gasteiger partial charge >= 0.3 is 0 Å². The smallest absolute Gasteiger partial charge is 0.0665 e. The van der Waals surface area contributed by atoms with Crippen LogP contribution in [0.15, 0.2) is 18.2 Å². The average molecular weight is 257 g/mol. The lowest BCUT2D eigenvalue weighted by molar-refractivity contribution is 0.655. The molecule has 1 heterocycles. The largest absolute Gasteiger partial charge is 0.326 e. The van der Waals surface area contributed by atoms with E-state index in [1.165, 1.54) is 27.9 Å². The molecular weight excluding hydrogens is 234 g/mol. The van der Waals surface area contributed by atoms with Crippen LogP contribution in [0.4, 0.5) is 0 Å². The van der Waals surface area contributed by atoms with Gasteiger partial charge in [0.25, 0.3) is 0 Å². The Bertz CT molecular complexity index is 582. The summed E-state index contributed by atoms with van der Waals surface area (Å²) in [6.45, 7) is 10.0. The van der Waals surface area contributed by atoms with Crippen LogP contribution in [0, 0.1) is 20.8 Å². The first-order chi connectivity index (χ1) is 9.06. The molecule has 2 aromatic rings. The maximum Gasteiger partial charge on any atom is 0.0665 e. The number of aromatic nitrogens is 2. The summed E-state index contributed by atoms with van der Waals surface area (Å²) in [5.41, 5.74) is 13.3. The Kier molecular flexibility index (Phi) is 4.05. The fourth-order valence-electron chi connectivity index (χ4n) is 2.62. The molecule has 0 fully saturated rings. The predicted octanol–water partition coefficient (Wildman–Crippen LogP) is 2.88. The Balaban J connectivity index is 2.31. The van der Waals surface area contributed by atoms with Gasteiger partial charge in [0.05, 0.1) is 12.2 Å². The van der Waals surface area contributed by atoms with Crippen molar-refractivity contribution < 1.29 is 0 Å². The van der Waals surface area contributed by atoms with Gasteiger partial charge in [0.15, 0.2) is 0 Å². The molecule has 3 nitrogen and oxygen atoms in total. The van der Waals surface area contributed by atoms with Crippen LogP contribution in [0.2, 0.25) is 0 Å². The SMILES string of the molecule is CCc1c(C)nn(Cc2ccc(CN)cc2C)c1C. The lowest BCUT2D eigenvalue weighted by atomic mass is 10.0. The van der Waals surface area contributed by atoms with Gasteiger partial charge in [-0.3, -0.25) is 4.68 Å². The molecular formula is C16H23N3. The predicted molar refractivity (Wildman–Crippen MR) is 79.3 cm³/mol. The second-order valence-electron chi connectivity index (χ2n) is 5.13. The average Bonchev–Trinajstić information content (AvgIpc) is 2.66. The van der Waals surface area contributed by atoms with Crippen LogP contribution >= 0.6 is 0 Å². The van der Waals surface area contributed by atoms with Crippen molar-refractivity contribution in [3.05, 3.63) is 51.8 Å². The summed E-state index contributed by atoms with van der Waals surface area (Å²) in [5.74, 6) is 0. The molecule has 2 N–H and O–H groups in total. The van der Waals surface area contributed by atoms with Crippen LogP contribution in [0.1, 0.15) is 40.6 Å². The van der Waals surface area contributed by atoms with E-state index in [-0.39, 0.29) is 0 Å². The molecule has 19 heavy (non-hydrogen) atoms. The number of aryl methyl sites for hydroxylation is 2. The van der Waals surface area contributed by atoms with Crippen molar-refractivity contribution >= 4 is 0 Å². The quantitative estimate of drug-likeness (QED) is 0.915. The molecule has 3 heteroatoms. The summed E-state index contributed by atoms with van der Waals surface area (Å²) >= 11 is 0. The van der Waals surface area contributed by atoms with Gasteiger partial charge in [0.1, 0.15) is 0 Å². The van der Waals surface area contributed by atoms with E-state index in [0.29, 0.717) is 6.54 Å². The maximum atomic E-state index is 5.67. The van der Waals surface area contributed by atoms with Crippen molar-refractivity contribution in [3.8, 4) is 0 Å². The van der Waals surface area contributed by atoms with E-state index >= 15 is 0 Å². The van der Waals surface area contributed by atoms with Crippen LogP contribution in [0.25, 0.3) is 0 Å². The van der Waals surface area contributed by atoms with Gasteiger partial charge in [0.2, 0.25) is 0 Å². The van der Waals surface area contributed by atoms with Gasteiger partial charge in [-0.2, -0.15) is 5.10 Å². The number of nitrogens with two attached hydrogens (primary N) is 1. The lowest BCUT2D eigenvalue weighted by Gasteiger charge is -2.10. The fourth-order valence-corrected chi connectivity index (χ4v) is 2.62. The highest BCUT2D eigenvalue weighted by Gasteiger charge is 2.10. The third kappa shape index (κ3) is 2.71. The standard InChI is InChI=1S/C16H23N3/c1-5-16-12(3)18-19(13(16)4)10-15-7-6-14(9-17)8-11(15)2/h6-8H,5,9-10,17H2,1-4H3. The Morgan fingerprint density at radius 2 is 1.95 bits per heavy atom. The molecule has 2 rings (SSSR count). The van der Waals surface area contributed by atoms with Crippen molar-refractivity contribution in [2.75, 3.05) is 0 Å². The normalized spacial score (nSPS) is 11.0. The molecule has 1 aromatic heterocycles. The van der Waals surface area contributed by atoms with Gasteiger partial charge in [0, 0.05) is 12.2 Å². The minimum atomic E-state index is 0.598. The van der Waals surface area contributed by atoms with E-state index in [9.17, 15) is 0 Å². The first-order valence-corrected chi connectivity index (χ1v) is 6.88. The topological polar surface area (TPSA) is 43.8 Å². The fraction of sp³-hybridized carbons (Fsp3) is 0.438. The number of benzene rings is 1. The molecule has 0 atom stereocenters. The van der Waals surface area contributed by atoms with Gasteiger partial charge in [-0.25, -0.2) is 0 Å². The zero-order chi connectivity index (χ0) is 14.0. The molecule has 0 aliphatic heterocycles. The highest BCUT2D eigenvalue weighted by atomic mass is 15.3. The summed E-state index contributed by atoms with van der Waals surface area (Å²) < 4.78 is 2.11. The summed E-state index contributed by atoms with van der Waals surface area (Å²) in [6, 6.07) is 6.44. The van der Waals surface area contributed by atoms with E-state index in [0.717, 1.165) is 18.7 Å². The van der Waals surface area contributed by atoms with Crippen LogP contribution in [-0.2, 0) is 19.5 Å². The summed E-state index contributed by atoms with van der Waals surface area (Å²) in [5, 5.41) is 4.65. The minimum Gasteiger partial charge on any atom is -0.326 e. The number of hydrogen-bond donors (Lipinski definition) is 1. The third-order valence-corrected chi connectivity index (χ3v) is 3.85. The molecule has 0 spiro atoms. The summed E-state index contributed by atoms with van der Waals surface area (Å²) in [4.78, 5) is 0. The summed E-state index contributed by atoms with van der Waals surface area (Å²) in [6.07, 6.45) is 1.04. The molecule has 0 aliphatic carbocycles. The van der Waals surface area contributed by atoms with Crippen LogP contribution < -0.4 is 5.73 Å². The zero-order valence-corrected chi connectivity index (χ0v) is 12.3. The highest BCUT2D eigenvalue weighted by molar-refractivity contribution is 5.32. The molecule has 0 saturated carbocycles. The first kappa shape index (κ1) is 13.8. The van der Waals surface area contributed by atoms with E-state index < -0.39 is 0 Å². The summed E-state index contributed by atoms with van der Waals surface area (Å²) in [7, 11) is 0. The van der Waals surface area contributed by atoms with Gasteiger partial charge < -0.3 is 5.73 Å². The zero-order valence-electron chi connectivity index (χ0n) is 12.3. The lowest BCUT2D eigenvalue weighted by Crippen LogP contribution is -2.06. The van der Waals surface area contributed by atoms with Crippen molar-refractivity contribution in [1.29, 1.82) is 0 Å². The molecule has 0 unspecified atom stereocenters. The monoisotopic (exact) mass is 257 g/mol. The molecule has 102 valence electrons. The van der Waals surface area contributed by atoms with Crippen LogP contribution in [0.3, 0.4) is 0 Å². The highest BCUT2D eigenvalue weighted by Crippen LogP contribution is 2.17. The number of hydrogen-bond acceptors (Lipinski definition) is 2. The molecule has 0 radical (unpaired) electrons. The molecule has 0 amide bonds. The van der Waals surface area contributed by atoms with Crippen LogP contribution in [0.5, 0.6) is 0 Å². The molecule has 0 saturated heterocycles. The number of nitrogens with zero attached hydrogens (tertiary/aromatic N) is 2. The van der Waals surface area contributed by atoms with Gasteiger partial charge in [-0.1, -0.05) is 25.1 Å². The maximum absolute atomic E-state index is 5.67. The van der Waals surface area contributed by atoms with E-state index in [1.807, 2.05) is 0 Å². The molecule has 1 aromatic carbocycles. The van der Waals surface area contributed by atoms with Crippen molar-refractivity contribution in [2.24, 2.45) is 5.73 Å². The van der Waals surface area contributed by atoms with Crippen molar-refractivity contribution in [2.45, 2.75) is 47.2 Å². The Morgan fingerprint density at radius 1 is 1.21 bits per heavy atom.